The second-order valence-corrected chi connectivity index (χ2v) is 4.05. The van der Waals surface area contributed by atoms with Crippen LogP contribution < -0.4 is 16.6 Å². The Morgan fingerprint density at radius 3 is 2.86 bits per heavy atom. The minimum absolute atomic E-state index is 0.00634. The van der Waals surface area contributed by atoms with E-state index < -0.39 is 10.8 Å². The van der Waals surface area contributed by atoms with Gasteiger partial charge in [-0.15, -0.1) is 0 Å². The van der Waals surface area contributed by atoms with Gasteiger partial charge >= 0.3 is 0 Å². The van der Waals surface area contributed by atoms with Crippen molar-refractivity contribution in [1.82, 2.24) is 15.5 Å². The summed E-state index contributed by atoms with van der Waals surface area (Å²) in [5.41, 5.74) is 2.26. The number of carbonyl (C=O) groups is 1. The van der Waals surface area contributed by atoms with E-state index in [1.807, 2.05) is 0 Å². The number of nitrogens with two attached hydrogens (primary N) is 1. The summed E-state index contributed by atoms with van der Waals surface area (Å²) in [5.74, 6) is 5.23. The maximum Gasteiger partial charge on any atom is 0.282 e. The summed E-state index contributed by atoms with van der Waals surface area (Å²) < 4.78 is 4.75. The van der Waals surface area contributed by atoms with Gasteiger partial charge in [-0.2, -0.15) is 4.98 Å². The van der Waals surface area contributed by atoms with E-state index >= 15 is 0 Å². The Morgan fingerprint density at radius 1 is 1.52 bits per heavy atom. The summed E-state index contributed by atoms with van der Waals surface area (Å²) in [6, 6.07) is 3.88. The third-order valence-corrected chi connectivity index (χ3v) is 2.58. The number of aryl methyl sites for hydroxylation is 1. The fourth-order valence-corrected chi connectivity index (χ4v) is 1.63. The van der Waals surface area contributed by atoms with Crippen LogP contribution in [0.5, 0.6) is 0 Å². The summed E-state index contributed by atoms with van der Waals surface area (Å²) in [6.07, 6.45) is 0. The van der Waals surface area contributed by atoms with E-state index in [1.54, 1.807) is 6.92 Å². The molecule has 0 spiro atoms. The molecule has 0 saturated heterocycles. The van der Waals surface area contributed by atoms with Gasteiger partial charge in [0.1, 0.15) is 5.56 Å². The number of nitrogens with one attached hydrogen (secondary N) is 2. The van der Waals surface area contributed by atoms with E-state index in [-0.39, 0.29) is 23.6 Å². The second kappa shape index (κ2) is 5.96. The van der Waals surface area contributed by atoms with Crippen molar-refractivity contribution in [1.29, 1.82) is 0 Å². The number of aromatic nitrogens is 2. The number of carbonyl (C=O) groups excluding carboxylic acids is 1. The van der Waals surface area contributed by atoms with Crippen molar-refractivity contribution in [2.24, 2.45) is 5.84 Å². The Labute approximate surface area is 118 Å². The highest BCUT2D eigenvalue weighted by Crippen LogP contribution is 2.22. The highest BCUT2D eigenvalue weighted by molar-refractivity contribution is 5.99. The molecule has 0 atom stereocenters. The first-order chi connectivity index (χ1) is 10.0. The molecule has 110 valence electrons. The largest absolute Gasteiger partial charge is 0.344 e. The lowest BCUT2D eigenvalue weighted by molar-refractivity contribution is -0.385. The molecule has 2 aromatic rings. The molecule has 0 aliphatic heterocycles. The molecule has 1 aromatic carbocycles. The van der Waals surface area contributed by atoms with Crippen LogP contribution in [-0.2, 0) is 6.54 Å². The van der Waals surface area contributed by atoms with Crippen LogP contribution in [0.4, 0.5) is 11.4 Å². The fraction of sp³-hybridized carbons (Fsp3) is 0.182. The predicted octanol–water partition coefficient (Wildman–Crippen LogP) is 0.502. The molecule has 0 bridgehead atoms. The molecule has 21 heavy (non-hydrogen) atoms. The molecule has 1 amide bonds. The van der Waals surface area contributed by atoms with Gasteiger partial charge < -0.3 is 15.3 Å². The number of nitro groups is 1. The smallest absolute Gasteiger partial charge is 0.282 e. The summed E-state index contributed by atoms with van der Waals surface area (Å²) in [6.45, 7) is 1.60. The molecule has 1 aromatic heterocycles. The number of nitrogens with zero attached hydrogens (tertiary/aromatic N) is 3. The number of hydrazine groups is 1. The highest BCUT2D eigenvalue weighted by atomic mass is 16.6. The Morgan fingerprint density at radius 2 is 2.29 bits per heavy atom. The van der Waals surface area contributed by atoms with Gasteiger partial charge in [-0.3, -0.25) is 20.8 Å². The molecule has 2 rings (SSSR count). The Kier molecular flexibility index (Phi) is 4.09. The van der Waals surface area contributed by atoms with E-state index in [9.17, 15) is 14.9 Å². The first-order valence-electron chi connectivity index (χ1n) is 5.83. The molecule has 1 heterocycles. The van der Waals surface area contributed by atoms with E-state index in [0.29, 0.717) is 11.6 Å². The van der Waals surface area contributed by atoms with Gasteiger partial charge in [0.25, 0.3) is 11.6 Å². The van der Waals surface area contributed by atoms with Crippen molar-refractivity contribution in [2.45, 2.75) is 13.5 Å². The number of benzene rings is 1. The Balaban J connectivity index is 2.19. The molecule has 4 N–H and O–H groups in total. The molecular formula is C11H12N6O4. The first kappa shape index (κ1) is 14.4. The molecular weight excluding hydrogens is 280 g/mol. The quantitative estimate of drug-likeness (QED) is 0.409. The van der Waals surface area contributed by atoms with Gasteiger partial charge in [-0.1, -0.05) is 5.16 Å². The molecule has 0 radical (unpaired) electrons. The van der Waals surface area contributed by atoms with Gasteiger partial charge in [0, 0.05) is 18.7 Å². The predicted molar refractivity (Wildman–Crippen MR) is 71.1 cm³/mol. The van der Waals surface area contributed by atoms with Crippen LogP contribution in [0, 0.1) is 17.0 Å². The third-order valence-electron chi connectivity index (χ3n) is 2.58. The van der Waals surface area contributed by atoms with E-state index in [0.717, 1.165) is 0 Å². The minimum Gasteiger partial charge on any atom is -0.344 e. The number of nitro benzene ring substituents is 1. The van der Waals surface area contributed by atoms with E-state index in [1.165, 1.54) is 18.2 Å². The summed E-state index contributed by atoms with van der Waals surface area (Å²) in [5, 5.41) is 17.0. The number of hydrogen-bond donors (Lipinski definition) is 3. The number of anilines is 1. The zero-order valence-electron chi connectivity index (χ0n) is 11.0. The van der Waals surface area contributed by atoms with Crippen LogP contribution in [0.1, 0.15) is 22.1 Å². The SMILES string of the molecule is Cc1nc(CNC(=O)c2cc(NN)ccc2[N+](=O)[O-])no1. The van der Waals surface area contributed by atoms with Crippen molar-refractivity contribution >= 4 is 17.3 Å². The Bertz CT molecular complexity index is 683. The van der Waals surface area contributed by atoms with Crippen molar-refractivity contribution < 1.29 is 14.2 Å². The summed E-state index contributed by atoms with van der Waals surface area (Å²) in [4.78, 5) is 26.2. The van der Waals surface area contributed by atoms with Gasteiger partial charge in [0.05, 0.1) is 11.5 Å². The maximum absolute atomic E-state index is 12.0. The molecule has 0 unspecified atom stereocenters. The van der Waals surface area contributed by atoms with Crippen LogP contribution in [0.25, 0.3) is 0 Å². The van der Waals surface area contributed by atoms with Gasteiger partial charge in [-0.05, 0) is 12.1 Å². The first-order valence-corrected chi connectivity index (χ1v) is 5.83. The van der Waals surface area contributed by atoms with E-state index in [4.69, 9.17) is 10.4 Å². The molecule has 0 saturated carbocycles. The minimum atomic E-state index is -0.645. The molecule has 10 nitrogen and oxygen atoms in total. The standard InChI is InChI=1S/C11H12N6O4/c1-6-14-10(16-21-6)5-13-11(18)8-4-7(15-12)2-3-9(8)17(19)20/h2-4,15H,5,12H2,1H3,(H,13,18). The topological polar surface area (TPSA) is 149 Å². The molecule has 0 aliphatic rings. The molecule has 0 fully saturated rings. The van der Waals surface area contributed by atoms with Crippen molar-refractivity contribution in [3.05, 3.63) is 45.6 Å². The van der Waals surface area contributed by atoms with Crippen molar-refractivity contribution in [3.63, 3.8) is 0 Å². The number of amides is 1. The van der Waals surface area contributed by atoms with Crippen LogP contribution in [-0.4, -0.2) is 21.0 Å². The Hall–Kier alpha value is -3.01. The normalized spacial score (nSPS) is 10.2. The summed E-state index contributed by atoms with van der Waals surface area (Å²) >= 11 is 0. The maximum atomic E-state index is 12.0. The summed E-state index contributed by atoms with van der Waals surface area (Å²) in [7, 11) is 0. The monoisotopic (exact) mass is 292 g/mol. The number of nitrogen functional groups attached to an aromatic ring is 1. The van der Waals surface area contributed by atoms with Gasteiger partial charge in [0.15, 0.2) is 5.82 Å². The van der Waals surface area contributed by atoms with Crippen molar-refractivity contribution in [2.75, 3.05) is 5.43 Å². The van der Waals surface area contributed by atoms with Gasteiger partial charge in [0.2, 0.25) is 5.89 Å². The molecule has 0 aliphatic carbocycles. The number of rotatable bonds is 5. The second-order valence-electron chi connectivity index (χ2n) is 4.05. The zero-order valence-corrected chi connectivity index (χ0v) is 11.0. The fourth-order valence-electron chi connectivity index (χ4n) is 1.63. The lowest BCUT2D eigenvalue weighted by Crippen LogP contribution is -2.24. The lowest BCUT2D eigenvalue weighted by Gasteiger charge is -2.06. The van der Waals surface area contributed by atoms with Crippen LogP contribution in [0.15, 0.2) is 22.7 Å². The van der Waals surface area contributed by atoms with Crippen LogP contribution >= 0.6 is 0 Å². The lowest BCUT2D eigenvalue weighted by atomic mass is 10.1. The van der Waals surface area contributed by atoms with Crippen molar-refractivity contribution in [3.8, 4) is 0 Å². The van der Waals surface area contributed by atoms with Crippen LogP contribution in [0.3, 0.4) is 0 Å². The van der Waals surface area contributed by atoms with Gasteiger partial charge in [-0.25, -0.2) is 0 Å². The third kappa shape index (κ3) is 3.30. The average molecular weight is 292 g/mol. The average Bonchev–Trinajstić information content (AvgIpc) is 2.89. The number of hydrogen-bond acceptors (Lipinski definition) is 8. The van der Waals surface area contributed by atoms with E-state index in [2.05, 4.69) is 20.9 Å². The zero-order chi connectivity index (χ0) is 15.4. The highest BCUT2D eigenvalue weighted by Gasteiger charge is 2.20. The van der Waals surface area contributed by atoms with Crippen LogP contribution in [0.2, 0.25) is 0 Å². The molecule has 10 heteroatoms.